The Morgan fingerprint density at radius 1 is 1.07 bits per heavy atom. The highest BCUT2D eigenvalue weighted by molar-refractivity contribution is 5.91. The fourth-order valence-electron chi connectivity index (χ4n) is 4.14. The van der Waals surface area contributed by atoms with Crippen molar-refractivity contribution in [3.05, 3.63) is 59.9 Å². The second-order valence-corrected chi connectivity index (χ2v) is 7.85. The molecule has 154 valence electrons. The van der Waals surface area contributed by atoms with Gasteiger partial charge in [-0.1, -0.05) is 24.3 Å². The molecule has 0 unspecified atom stereocenters. The number of nitrogens with one attached hydrogen (secondary N) is 1. The van der Waals surface area contributed by atoms with Crippen molar-refractivity contribution in [2.24, 2.45) is 0 Å². The van der Waals surface area contributed by atoms with Crippen molar-refractivity contribution in [2.45, 2.75) is 18.3 Å². The van der Waals surface area contributed by atoms with Gasteiger partial charge < -0.3 is 15.0 Å². The molecular weight excluding hydrogens is 369 g/mol. The molecule has 1 amide bonds. The summed E-state index contributed by atoms with van der Waals surface area (Å²) in [5, 5.41) is 3.10. The van der Waals surface area contributed by atoms with Crippen molar-refractivity contribution in [1.82, 2.24) is 10.2 Å². The molecular formula is C23H28FN3O2. The fourth-order valence-corrected chi connectivity index (χ4v) is 4.14. The second kappa shape index (κ2) is 8.41. The van der Waals surface area contributed by atoms with Crippen LogP contribution in [0.4, 0.5) is 10.1 Å². The lowest BCUT2D eigenvalue weighted by atomic mass is 9.95. The number of carbonyl (C=O) groups is 1. The third kappa shape index (κ3) is 4.22. The van der Waals surface area contributed by atoms with Gasteiger partial charge in [-0.3, -0.25) is 9.69 Å². The Bertz CT molecular complexity index is 843. The van der Waals surface area contributed by atoms with E-state index in [1.807, 2.05) is 18.2 Å². The van der Waals surface area contributed by atoms with Crippen LogP contribution >= 0.6 is 0 Å². The Morgan fingerprint density at radius 2 is 1.76 bits per heavy atom. The maximum atomic E-state index is 13.2. The number of methoxy groups -OCH3 is 1. The number of hydrogen-bond donors (Lipinski definition) is 1. The van der Waals surface area contributed by atoms with Gasteiger partial charge in [0.15, 0.2) is 0 Å². The highest BCUT2D eigenvalue weighted by Gasteiger charge is 2.51. The summed E-state index contributed by atoms with van der Waals surface area (Å²) in [4.78, 5) is 17.4. The minimum atomic E-state index is -0.448. The lowest BCUT2D eigenvalue weighted by Gasteiger charge is -2.36. The van der Waals surface area contributed by atoms with Crippen LogP contribution in [0.1, 0.15) is 18.4 Å². The Morgan fingerprint density at radius 3 is 2.41 bits per heavy atom. The molecule has 0 spiro atoms. The number of piperazine rings is 1. The van der Waals surface area contributed by atoms with E-state index < -0.39 is 5.41 Å². The molecule has 0 radical (unpaired) electrons. The Balaban J connectivity index is 1.24. The van der Waals surface area contributed by atoms with Gasteiger partial charge in [0.1, 0.15) is 11.6 Å². The van der Waals surface area contributed by atoms with Crippen LogP contribution in [0, 0.1) is 5.82 Å². The first-order chi connectivity index (χ1) is 14.1. The monoisotopic (exact) mass is 397 g/mol. The van der Waals surface area contributed by atoms with E-state index in [2.05, 4.69) is 21.2 Å². The number of halogens is 1. The van der Waals surface area contributed by atoms with Crippen molar-refractivity contribution in [3.8, 4) is 5.75 Å². The predicted octanol–water partition coefficient (Wildman–Crippen LogP) is 2.80. The first kappa shape index (κ1) is 19.7. The van der Waals surface area contributed by atoms with Crippen molar-refractivity contribution in [2.75, 3.05) is 51.3 Å². The SMILES string of the molecule is COc1ccccc1N1CCN(CCNC(=O)C2(c3ccc(F)cc3)CC2)CC1. The number of rotatable bonds is 7. The summed E-state index contributed by atoms with van der Waals surface area (Å²) in [6, 6.07) is 14.4. The van der Waals surface area contributed by atoms with Crippen molar-refractivity contribution < 1.29 is 13.9 Å². The standard InChI is InChI=1S/C23H28FN3O2/c1-29-21-5-3-2-4-20(21)27-16-14-26(15-17-27)13-12-25-22(28)23(10-11-23)18-6-8-19(24)9-7-18/h2-9H,10-17H2,1H3,(H,25,28). The maximum absolute atomic E-state index is 13.2. The Kier molecular flexibility index (Phi) is 5.72. The first-order valence-electron chi connectivity index (χ1n) is 10.3. The number of nitrogens with zero attached hydrogens (tertiary/aromatic N) is 2. The number of para-hydroxylation sites is 2. The fraction of sp³-hybridized carbons (Fsp3) is 0.435. The van der Waals surface area contributed by atoms with E-state index in [1.165, 1.54) is 12.1 Å². The molecule has 4 rings (SSSR count). The molecule has 0 bridgehead atoms. The quantitative estimate of drug-likeness (QED) is 0.780. The Hall–Kier alpha value is -2.60. The first-order valence-corrected chi connectivity index (χ1v) is 10.3. The van der Waals surface area contributed by atoms with Gasteiger partial charge in [-0.2, -0.15) is 0 Å². The summed E-state index contributed by atoms with van der Waals surface area (Å²) in [7, 11) is 1.70. The van der Waals surface area contributed by atoms with E-state index in [-0.39, 0.29) is 11.7 Å². The van der Waals surface area contributed by atoms with Gasteiger partial charge in [-0.05, 0) is 42.7 Å². The molecule has 1 saturated heterocycles. The van der Waals surface area contributed by atoms with Gasteiger partial charge in [0, 0.05) is 39.3 Å². The molecule has 1 aliphatic heterocycles. The summed E-state index contributed by atoms with van der Waals surface area (Å²) >= 11 is 0. The van der Waals surface area contributed by atoms with Crippen LogP contribution in [0.5, 0.6) is 5.75 Å². The van der Waals surface area contributed by atoms with E-state index in [4.69, 9.17) is 4.74 Å². The molecule has 0 aromatic heterocycles. The van der Waals surface area contributed by atoms with Crippen LogP contribution in [-0.2, 0) is 10.2 Å². The van der Waals surface area contributed by atoms with E-state index in [1.54, 1.807) is 19.2 Å². The number of amides is 1. The third-order valence-corrected chi connectivity index (χ3v) is 6.09. The molecule has 6 heteroatoms. The van der Waals surface area contributed by atoms with E-state index in [9.17, 15) is 9.18 Å². The lowest BCUT2D eigenvalue weighted by molar-refractivity contribution is -0.123. The average Bonchev–Trinajstić information content (AvgIpc) is 3.57. The van der Waals surface area contributed by atoms with Crippen LogP contribution in [0.25, 0.3) is 0 Å². The summed E-state index contributed by atoms with van der Waals surface area (Å²) in [6.45, 7) is 5.26. The Labute approximate surface area is 171 Å². The van der Waals surface area contributed by atoms with Crippen molar-refractivity contribution >= 4 is 11.6 Å². The zero-order chi connectivity index (χ0) is 20.3. The topological polar surface area (TPSA) is 44.8 Å². The highest BCUT2D eigenvalue weighted by atomic mass is 19.1. The summed E-state index contributed by atoms with van der Waals surface area (Å²) in [6.07, 6.45) is 1.67. The molecule has 1 aliphatic carbocycles. The van der Waals surface area contributed by atoms with Gasteiger partial charge >= 0.3 is 0 Å². The van der Waals surface area contributed by atoms with Gasteiger partial charge in [0.2, 0.25) is 5.91 Å². The number of hydrogen-bond acceptors (Lipinski definition) is 4. The van der Waals surface area contributed by atoms with Gasteiger partial charge in [-0.15, -0.1) is 0 Å². The molecule has 1 heterocycles. The third-order valence-electron chi connectivity index (χ3n) is 6.09. The zero-order valence-electron chi connectivity index (χ0n) is 16.9. The highest BCUT2D eigenvalue weighted by Crippen LogP contribution is 2.48. The molecule has 2 aliphatic rings. The normalized spacial score (nSPS) is 18.3. The van der Waals surface area contributed by atoms with Crippen LogP contribution in [0.2, 0.25) is 0 Å². The zero-order valence-corrected chi connectivity index (χ0v) is 16.9. The second-order valence-electron chi connectivity index (χ2n) is 7.85. The van der Waals surface area contributed by atoms with Crippen LogP contribution in [0.15, 0.2) is 48.5 Å². The van der Waals surface area contributed by atoms with E-state index in [0.29, 0.717) is 6.54 Å². The smallest absolute Gasteiger partial charge is 0.230 e. The maximum Gasteiger partial charge on any atom is 0.230 e. The minimum Gasteiger partial charge on any atom is -0.495 e. The largest absolute Gasteiger partial charge is 0.495 e. The molecule has 29 heavy (non-hydrogen) atoms. The number of ether oxygens (including phenoxy) is 1. The lowest BCUT2D eigenvalue weighted by Crippen LogP contribution is -2.49. The van der Waals surface area contributed by atoms with Crippen LogP contribution in [-0.4, -0.2) is 57.2 Å². The molecule has 1 N–H and O–H groups in total. The number of benzene rings is 2. The van der Waals surface area contributed by atoms with Crippen molar-refractivity contribution in [1.29, 1.82) is 0 Å². The van der Waals surface area contributed by atoms with Gasteiger partial charge in [-0.25, -0.2) is 4.39 Å². The number of anilines is 1. The summed E-state index contributed by atoms with van der Waals surface area (Å²) in [5.74, 6) is 0.706. The molecule has 0 atom stereocenters. The van der Waals surface area contributed by atoms with Gasteiger partial charge in [0.25, 0.3) is 0 Å². The molecule has 2 aromatic carbocycles. The molecule has 1 saturated carbocycles. The molecule has 5 nitrogen and oxygen atoms in total. The van der Waals surface area contributed by atoms with Crippen molar-refractivity contribution in [3.63, 3.8) is 0 Å². The molecule has 2 aromatic rings. The summed E-state index contributed by atoms with van der Waals surface area (Å²) in [5.41, 5.74) is 1.61. The van der Waals surface area contributed by atoms with E-state index in [0.717, 1.165) is 62.6 Å². The number of carbonyl (C=O) groups excluding carboxylic acids is 1. The van der Waals surface area contributed by atoms with Crippen LogP contribution < -0.4 is 15.0 Å². The minimum absolute atomic E-state index is 0.0665. The van der Waals surface area contributed by atoms with Gasteiger partial charge in [0.05, 0.1) is 18.2 Å². The average molecular weight is 397 g/mol. The predicted molar refractivity (Wildman–Crippen MR) is 112 cm³/mol. The molecule has 2 fully saturated rings. The summed E-state index contributed by atoms with van der Waals surface area (Å²) < 4.78 is 18.6. The van der Waals surface area contributed by atoms with Crippen LogP contribution in [0.3, 0.4) is 0 Å². The van der Waals surface area contributed by atoms with E-state index >= 15 is 0 Å².